The van der Waals surface area contributed by atoms with Gasteiger partial charge >= 0.3 is 0 Å². The molecule has 3 rings (SSSR count). The Morgan fingerprint density at radius 1 is 1.43 bits per heavy atom. The highest BCUT2D eigenvalue weighted by molar-refractivity contribution is 5.46. The van der Waals surface area contributed by atoms with Gasteiger partial charge in [-0.3, -0.25) is 9.20 Å². The lowest BCUT2D eigenvalue weighted by molar-refractivity contribution is 0.636. The van der Waals surface area contributed by atoms with Crippen molar-refractivity contribution >= 4 is 5.65 Å². The van der Waals surface area contributed by atoms with Gasteiger partial charge in [0.15, 0.2) is 0 Å². The Labute approximate surface area is 121 Å². The first kappa shape index (κ1) is 13.4. The van der Waals surface area contributed by atoms with Crippen LogP contribution >= 0.6 is 0 Å². The molecule has 1 unspecified atom stereocenters. The molecule has 21 heavy (non-hydrogen) atoms. The zero-order valence-electron chi connectivity index (χ0n) is 11.9. The van der Waals surface area contributed by atoms with Crippen molar-refractivity contribution in [3.63, 3.8) is 0 Å². The van der Waals surface area contributed by atoms with Crippen molar-refractivity contribution in [3.8, 4) is 0 Å². The van der Waals surface area contributed by atoms with E-state index in [-0.39, 0.29) is 11.6 Å². The molecule has 0 amide bonds. The highest BCUT2D eigenvalue weighted by Crippen LogP contribution is 2.08. The molecule has 0 saturated heterocycles. The number of nitrogens with two attached hydrogens (primary N) is 1. The van der Waals surface area contributed by atoms with Gasteiger partial charge in [0.2, 0.25) is 0 Å². The van der Waals surface area contributed by atoms with Crippen LogP contribution in [0.25, 0.3) is 5.65 Å². The van der Waals surface area contributed by atoms with Gasteiger partial charge in [-0.1, -0.05) is 11.3 Å². The fraction of sp³-hybridized carbons (Fsp3) is 0.286. The molecule has 0 bridgehead atoms. The van der Waals surface area contributed by atoms with E-state index in [4.69, 9.17) is 5.73 Å². The summed E-state index contributed by atoms with van der Waals surface area (Å²) in [7, 11) is 0. The average molecular weight is 284 g/mol. The second-order valence-electron chi connectivity index (χ2n) is 5.10. The lowest BCUT2D eigenvalue weighted by atomic mass is 10.3. The average Bonchev–Trinajstić information content (AvgIpc) is 2.89. The van der Waals surface area contributed by atoms with Gasteiger partial charge in [0.25, 0.3) is 5.56 Å². The number of pyridine rings is 1. The summed E-state index contributed by atoms with van der Waals surface area (Å²) in [6.45, 7) is 4.16. The molecule has 0 spiro atoms. The predicted octanol–water partition coefficient (Wildman–Crippen LogP) is 0.662. The summed E-state index contributed by atoms with van der Waals surface area (Å²) in [4.78, 5) is 16.6. The second-order valence-corrected chi connectivity index (χ2v) is 5.10. The number of hydrogen-bond donors (Lipinski definition) is 1. The third-order valence-electron chi connectivity index (χ3n) is 3.29. The van der Waals surface area contributed by atoms with Crippen molar-refractivity contribution in [2.45, 2.75) is 26.4 Å². The second kappa shape index (κ2) is 5.10. The minimum Gasteiger partial charge on any atom is -0.323 e. The van der Waals surface area contributed by atoms with Crippen molar-refractivity contribution in [1.29, 1.82) is 0 Å². The van der Waals surface area contributed by atoms with Gasteiger partial charge in [0.1, 0.15) is 5.65 Å². The van der Waals surface area contributed by atoms with Crippen LogP contribution in [0.5, 0.6) is 0 Å². The Hall–Kier alpha value is -2.54. The SMILES string of the molecule is Cc1cccn2c(=O)cc(Cn3cc(C(C)N)nn3)nc12. The normalized spacial score (nSPS) is 12.7. The maximum Gasteiger partial charge on any atom is 0.258 e. The van der Waals surface area contributed by atoms with E-state index in [0.29, 0.717) is 23.6 Å². The van der Waals surface area contributed by atoms with E-state index in [1.54, 1.807) is 17.1 Å². The maximum absolute atomic E-state index is 12.1. The fourth-order valence-corrected chi connectivity index (χ4v) is 2.16. The Morgan fingerprint density at radius 2 is 2.24 bits per heavy atom. The molecule has 0 aliphatic heterocycles. The molecule has 7 heteroatoms. The summed E-state index contributed by atoms with van der Waals surface area (Å²) in [5.41, 5.74) is 8.62. The highest BCUT2D eigenvalue weighted by Gasteiger charge is 2.08. The summed E-state index contributed by atoms with van der Waals surface area (Å²) in [6, 6.07) is 5.10. The highest BCUT2D eigenvalue weighted by atomic mass is 16.1. The topological polar surface area (TPSA) is 91.1 Å². The molecule has 3 aromatic rings. The van der Waals surface area contributed by atoms with Crippen molar-refractivity contribution in [2.24, 2.45) is 5.73 Å². The molecular weight excluding hydrogens is 268 g/mol. The van der Waals surface area contributed by atoms with Gasteiger partial charge in [-0.05, 0) is 25.5 Å². The summed E-state index contributed by atoms with van der Waals surface area (Å²) in [5.74, 6) is 0. The number of fused-ring (bicyclic) bond motifs is 1. The molecule has 3 heterocycles. The lowest BCUT2D eigenvalue weighted by Gasteiger charge is -2.06. The van der Waals surface area contributed by atoms with E-state index in [2.05, 4.69) is 15.3 Å². The van der Waals surface area contributed by atoms with E-state index in [1.807, 2.05) is 26.0 Å². The quantitative estimate of drug-likeness (QED) is 0.763. The van der Waals surface area contributed by atoms with Crippen molar-refractivity contribution < 1.29 is 0 Å². The molecule has 7 nitrogen and oxygen atoms in total. The molecular formula is C14H16N6O. The van der Waals surface area contributed by atoms with Crippen LogP contribution in [0, 0.1) is 6.92 Å². The van der Waals surface area contributed by atoms with E-state index in [0.717, 1.165) is 5.56 Å². The van der Waals surface area contributed by atoms with Crippen molar-refractivity contribution in [1.82, 2.24) is 24.4 Å². The predicted molar refractivity (Wildman–Crippen MR) is 77.9 cm³/mol. The number of aryl methyl sites for hydroxylation is 1. The van der Waals surface area contributed by atoms with Crippen LogP contribution in [-0.4, -0.2) is 24.4 Å². The number of aromatic nitrogens is 5. The van der Waals surface area contributed by atoms with Crippen LogP contribution in [-0.2, 0) is 6.54 Å². The third kappa shape index (κ3) is 2.55. The number of hydrogen-bond acceptors (Lipinski definition) is 5. The summed E-state index contributed by atoms with van der Waals surface area (Å²) >= 11 is 0. The number of nitrogens with zero attached hydrogens (tertiary/aromatic N) is 5. The van der Waals surface area contributed by atoms with Crippen molar-refractivity contribution in [2.75, 3.05) is 0 Å². The molecule has 0 aromatic carbocycles. The molecule has 0 radical (unpaired) electrons. The Balaban J connectivity index is 2.00. The van der Waals surface area contributed by atoms with Crippen LogP contribution < -0.4 is 11.3 Å². The largest absolute Gasteiger partial charge is 0.323 e. The molecule has 2 N–H and O–H groups in total. The number of rotatable bonds is 3. The molecule has 3 aromatic heterocycles. The van der Waals surface area contributed by atoms with Gasteiger partial charge in [-0.15, -0.1) is 5.10 Å². The van der Waals surface area contributed by atoms with Crippen LogP contribution in [0.15, 0.2) is 35.4 Å². The monoisotopic (exact) mass is 284 g/mol. The molecule has 108 valence electrons. The fourth-order valence-electron chi connectivity index (χ4n) is 2.16. The van der Waals surface area contributed by atoms with E-state index >= 15 is 0 Å². The van der Waals surface area contributed by atoms with Crippen LogP contribution in [0.2, 0.25) is 0 Å². The van der Waals surface area contributed by atoms with E-state index < -0.39 is 0 Å². The van der Waals surface area contributed by atoms with Gasteiger partial charge in [0, 0.05) is 18.3 Å². The van der Waals surface area contributed by atoms with Crippen molar-refractivity contribution in [3.05, 3.63) is 57.9 Å². The molecule has 0 aliphatic rings. The lowest BCUT2D eigenvalue weighted by Crippen LogP contribution is -2.17. The summed E-state index contributed by atoms with van der Waals surface area (Å²) in [5, 5.41) is 7.99. The van der Waals surface area contributed by atoms with Gasteiger partial charge in [-0.2, -0.15) is 0 Å². The molecule has 0 saturated carbocycles. The van der Waals surface area contributed by atoms with E-state index in [1.165, 1.54) is 10.5 Å². The summed E-state index contributed by atoms with van der Waals surface area (Å²) < 4.78 is 3.17. The standard InChI is InChI=1S/C14H16N6O/c1-9-4-3-5-20-13(21)6-11(16-14(9)20)7-19-8-12(10(2)15)17-18-19/h3-6,8,10H,7,15H2,1-2H3. The molecule has 0 fully saturated rings. The van der Waals surface area contributed by atoms with Crippen LogP contribution in [0.4, 0.5) is 0 Å². The van der Waals surface area contributed by atoms with Gasteiger partial charge in [-0.25, -0.2) is 9.67 Å². The Bertz CT molecular complexity index is 848. The maximum atomic E-state index is 12.1. The first-order valence-corrected chi connectivity index (χ1v) is 6.68. The Kier molecular flexibility index (Phi) is 3.26. The van der Waals surface area contributed by atoms with Gasteiger partial charge in [0.05, 0.1) is 24.1 Å². The third-order valence-corrected chi connectivity index (χ3v) is 3.29. The minimum absolute atomic E-state index is 0.105. The smallest absolute Gasteiger partial charge is 0.258 e. The van der Waals surface area contributed by atoms with Gasteiger partial charge < -0.3 is 5.73 Å². The van der Waals surface area contributed by atoms with Crippen LogP contribution in [0.1, 0.15) is 29.9 Å². The zero-order chi connectivity index (χ0) is 15.0. The zero-order valence-corrected chi connectivity index (χ0v) is 11.9. The minimum atomic E-state index is -0.170. The molecule has 1 atom stereocenters. The van der Waals surface area contributed by atoms with E-state index in [9.17, 15) is 4.79 Å². The first-order chi connectivity index (χ1) is 10.0. The molecule has 0 aliphatic carbocycles. The Morgan fingerprint density at radius 3 is 2.95 bits per heavy atom. The van der Waals surface area contributed by atoms with Crippen LogP contribution in [0.3, 0.4) is 0 Å². The summed E-state index contributed by atoms with van der Waals surface area (Å²) in [6.07, 6.45) is 3.48. The first-order valence-electron chi connectivity index (χ1n) is 6.68.